The van der Waals surface area contributed by atoms with Crippen molar-refractivity contribution in [3.8, 4) is 11.1 Å². The molecule has 2 heterocycles. The number of benzene rings is 1. The third kappa shape index (κ3) is 3.03. The van der Waals surface area contributed by atoms with E-state index in [1.54, 1.807) is 23.8 Å². The SMILES string of the molecule is COCCNc1cc(C)nc2c(-c3ccc(F)cc3)c(C)nn12. The van der Waals surface area contributed by atoms with Crippen molar-refractivity contribution in [3.05, 3.63) is 47.5 Å². The van der Waals surface area contributed by atoms with Crippen LogP contribution in [0.2, 0.25) is 0 Å². The average Bonchev–Trinajstić information content (AvgIpc) is 2.85. The highest BCUT2D eigenvalue weighted by Gasteiger charge is 2.15. The Morgan fingerprint density at radius 3 is 2.65 bits per heavy atom. The summed E-state index contributed by atoms with van der Waals surface area (Å²) >= 11 is 0. The first-order chi connectivity index (χ1) is 11.1. The lowest BCUT2D eigenvalue weighted by atomic mass is 10.1. The zero-order valence-electron chi connectivity index (χ0n) is 13.4. The van der Waals surface area contributed by atoms with Crippen LogP contribution in [-0.2, 0) is 4.74 Å². The van der Waals surface area contributed by atoms with E-state index in [2.05, 4.69) is 15.4 Å². The Morgan fingerprint density at radius 2 is 1.96 bits per heavy atom. The van der Waals surface area contributed by atoms with Crippen LogP contribution in [0.3, 0.4) is 0 Å². The van der Waals surface area contributed by atoms with Gasteiger partial charge in [0, 0.05) is 31.0 Å². The molecule has 1 aromatic carbocycles. The smallest absolute Gasteiger partial charge is 0.165 e. The Hall–Kier alpha value is -2.47. The van der Waals surface area contributed by atoms with E-state index in [0.717, 1.165) is 34.0 Å². The minimum atomic E-state index is -0.256. The Morgan fingerprint density at radius 1 is 1.22 bits per heavy atom. The predicted molar refractivity (Wildman–Crippen MR) is 88.2 cm³/mol. The maximum absolute atomic E-state index is 13.2. The number of fused-ring (bicyclic) bond motifs is 1. The number of methoxy groups -OCH3 is 1. The first kappa shape index (κ1) is 15.4. The minimum absolute atomic E-state index is 0.256. The zero-order chi connectivity index (χ0) is 16.4. The van der Waals surface area contributed by atoms with E-state index in [9.17, 15) is 4.39 Å². The topological polar surface area (TPSA) is 51.5 Å². The van der Waals surface area contributed by atoms with Crippen LogP contribution in [0, 0.1) is 19.7 Å². The number of nitrogens with one attached hydrogen (secondary N) is 1. The normalized spacial score (nSPS) is 11.1. The van der Waals surface area contributed by atoms with Crippen molar-refractivity contribution in [2.24, 2.45) is 0 Å². The second-order valence-electron chi connectivity index (χ2n) is 5.41. The van der Waals surface area contributed by atoms with Gasteiger partial charge in [-0.25, -0.2) is 9.37 Å². The largest absolute Gasteiger partial charge is 0.383 e. The van der Waals surface area contributed by atoms with Crippen molar-refractivity contribution in [2.75, 3.05) is 25.6 Å². The summed E-state index contributed by atoms with van der Waals surface area (Å²) in [6, 6.07) is 8.35. The number of ether oxygens (including phenoxy) is 1. The Labute approximate surface area is 134 Å². The van der Waals surface area contributed by atoms with Crippen molar-refractivity contribution >= 4 is 11.5 Å². The first-order valence-electron chi connectivity index (χ1n) is 7.46. The maximum atomic E-state index is 13.2. The van der Waals surface area contributed by atoms with E-state index >= 15 is 0 Å². The van der Waals surface area contributed by atoms with Gasteiger partial charge in [0.1, 0.15) is 11.6 Å². The van der Waals surface area contributed by atoms with Gasteiger partial charge < -0.3 is 10.1 Å². The lowest BCUT2D eigenvalue weighted by Gasteiger charge is -2.09. The van der Waals surface area contributed by atoms with Crippen molar-refractivity contribution in [2.45, 2.75) is 13.8 Å². The summed E-state index contributed by atoms with van der Waals surface area (Å²) in [5, 5.41) is 7.89. The van der Waals surface area contributed by atoms with Crippen LogP contribution in [-0.4, -0.2) is 34.9 Å². The molecule has 0 radical (unpaired) electrons. The van der Waals surface area contributed by atoms with Gasteiger partial charge in [-0.05, 0) is 31.5 Å². The van der Waals surface area contributed by atoms with Crippen molar-refractivity contribution in [3.63, 3.8) is 0 Å². The number of hydrogen-bond donors (Lipinski definition) is 1. The summed E-state index contributed by atoms with van der Waals surface area (Å²) in [7, 11) is 1.67. The molecule has 23 heavy (non-hydrogen) atoms. The fraction of sp³-hybridized carbons (Fsp3) is 0.294. The quantitative estimate of drug-likeness (QED) is 0.735. The van der Waals surface area contributed by atoms with E-state index in [4.69, 9.17) is 4.74 Å². The molecule has 0 aliphatic heterocycles. The van der Waals surface area contributed by atoms with Crippen molar-refractivity contribution in [1.29, 1.82) is 0 Å². The molecule has 0 aliphatic rings. The van der Waals surface area contributed by atoms with E-state index in [1.165, 1.54) is 12.1 Å². The fourth-order valence-electron chi connectivity index (χ4n) is 2.61. The molecular formula is C17H19FN4O. The second kappa shape index (κ2) is 6.34. The van der Waals surface area contributed by atoms with Crippen LogP contribution in [0.25, 0.3) is 16.8 Å². The van der Waals surface area contributed by atoms with E-state index in [1.807, 2.05) is 19.9 Å². The molecule has 0 fully saturated rings. The lowest BCUT2D eigenvalue weighted by Crippen LogP contribution is -2.12. The summed E-state index contributed by atoms with van der Waals surface area (Å²) in [5.41, 5.74) is 4.32. The Kier molecular flexibility index (Phi) is 4.25. The molecular weight excluding hydrogens is 295 g/mol. The minimum Gasteiger partial charge on any atom is -0.383 e. The molecule has 5 nitrogen and oxygen atoms in total. The summed E-state index contributed by atoms with van der Waals surface area (Å²) in [6.45, 7) is 5.16. The van der Waals surface area contributed by atoms with E-state index < -0.39 is 0 Å². The number of rotatable bonds is 5. The molecule has 3 aromatic rings. The third-order valence-electron chi connectivity index (χ3n) is 3.64. The Balaban J connectivity index is 2.12. The summed E-state index contributed by atoms with van der Waals surface area (Å²) < 4.78 is 20.0. The summed E-state index contributed by atoms with van der Waals surface area (Å²) in [4.78, 5) is 4.62. The maximum Gasteiger partial charge on any atom is 0.165 e. The van der Waals surface area contributed by atoms with Gasteiger partial charge in [-0.2, -0.15) is 9.61 Å². The molecule has 0 spiro atoms. The van der Waals surface area contributed by atoms with Crippen LogP contribution in [0.4, 0.5) is 10.2 Å². The van der Waals surface area contributed by atoms with Gasteiger partial charge in [-0.15, -0.1) is 0 Å². The number of aryl methyl sites for hydroxylation is 2. The molecule has 6 heteroatoms. The third-order valence-corrected chi connectivity index (χ3v) is 3.64. The van der Waals surface area contributed by atoms with Gasteiger partial charge in [-0.1, -0.05) is 12.1 Å². The predicted octanol–water partition coefficient (Wildman–Crippen LogP) is 3.21. The molecule has 3 rings (SSSR count). The van der Waals surface area contributed by atoms with Gasteiger partial charge in [-0.3, -0.25) is 0 Å². The van der Waals surface area contributed by atoms with Gasteiger partial charge in [0.2, 0.25) is 0 Å². The molecule has 0 atom stereocenters. The molecule has 2 aromatic heterocycles. The standard InChI is InChI=1S/C17H19FN4O/c1-11-10-15(19-8-9-23-3)22-17(20-11)16(12(2)21-22)13-4-6-14(18)7-5-13/h4-7,10,19H,8-9H2,1-3H3. The lowest BCUT2D eigenvalue weighted by molar-refractivity contribution is 0.210. The molecule has 0 saturated heterocycles. The summed E-state index contributed by atoms with van der Waals surface area (Å²) in [5.74, 6) is 0.606. The van der Waals surface area contributed by atoms with Crippen LogP contribution in [0.1, 0.15) is 11.4 Å². The van der Waals surface area contributed by atoms with Gasteiger partial charge in [0.05, 0.1) is 12.3 Å². The van der Waals surface area contributed by atoms with Crippen LogP contribution in [0.5, 0.6) is 0 Å². The highest BCUT2D eigenvalue weighted by atomic mass is 19.1. The van der Waals surface area contributed by atoms with Crippen LogP contribution < -0.4 is 5.32 Å². The summed E-state index contributed by atoms with van der Waals surface area (Å²) in [6.07, 6.45) is 0. The first-order valence-corrected chi connectivity index (χ1v) is 7.46. The van der Waals surface area contributed by atoms with Crippen LogP contribution >= 0.6 is 0 Å². The van der Waals surface area contributed by atoms with Gasteiger partial charge in [0.15, 0.2) is 5.65 Å². The average molecular weight is 314 g/mol. The molecule has 0 bridgehead atoms. The fourth-order valence-corrected chi connectivity index (χ4v) is 2.61. The van der Waals surface area contributed by atoms with Crippen LogP contribution in [0.15, 0.2) is 30.3 Å². The van der Waals surface area contributed by atoms with Crippen molar-refractivity contribution in [1.82, 2.24) is 14.6 Å². The molecule has 0 unspecified atom stereocenters. The number of anilines is 1. The second-order valence-corrected chi connectivity index (χ2v) is 5.41. The number of aromatic nitrogens is 3. The molecule has 0 aliphatic carbocycles. The number of halogens is 1. The molecule has 0 amide bonds. The molecule has 120 valence electrons. The Bertz CT molecular complexity index is 827. The highest BCUT2D eigenvalue weighted by molar-refractivity contribution is 5.80. The van der Waals surface area contributed by atoms with Gasteiger partial charge >= 0.3 is 0 Å². The molecule has 0 saturated carbocycles. The zero-order valence-corrected chi connectivity index (χ0v) is 13.4. The van der Waals surface area contributed by atoms with E-state index in [-0.39, 0.29) is 5.82 Å². The molecule has 1 N–H and O–H groups in total. The highest BCUT2D eigenvalue weighted by Crippen LogP contribution is 2.29. The van der Waals surface area contributed by atoms with Gasteiger partial charge in [0.25, 0.3) is 0 Å². The number of hydrogen-bond acceptors (Lipinski definition) is 4. The monoisotopic (exact) mass is 314 g/mol. The number of nitrogens with zero attached hydrogens (tertiary/aromatic N) is 3. The van der Waals surface area contributed by atoms with Crippen molar-refractivity contribution < 1.29 is 9.13 Å². The van der Waals surface area contributed by atoms with E-state index in [0.29, 0.717) is 13.2 Å².